The molecule has 0 aromatic heterocycles. The zero-order valence-corrected chi connectivity index (χ0v) is 7.66. The number of carbonyl (C=O) groups excluding carboxylic acids is 1. The van der Waals surface area contributed by atoms with Gasteiger partial charge in [0.15, 0.2) is 0 Å². The van der Waals surface area contributed by atoms with E-state index in [1.54, 1.807) is 6.92 Å². The molecule has 1 aliphatic carbocycles. The summed E-state index contributed by atoms with van der Waals surface area (Å²) in [4.78, 5) is 16.2. The highest BCUT2D eigenvalue weighted by atomic mass is 16.7. The average molecular weight is 183 g/mol. The summed E-state index contributed by atoms with van der Waals surface area (Å²) in [7, 11) is 0. The van der Waals surface area contributed by atoms with Crippen molar-refractivity contribution in [3.63, 3.8) is 0 Å². The molecule has 4 nitrogen and oxygen atoms in total. The molecule has 0 saturated heterocycles. The van der Waals surface area contributed by atoms with E-state index >= 15 is 0 Å². The van der Waals surface area contributed by atoms with Gasteiger partial charge in [0, 0.05) is 12.3 Å². The lowest BCUT2D eigenvalue weighted by Gasteiger charge is -2.05. The van der Waals surface area contributed by atoms with Crippen molar-refractivity contribution in [1.29, 1.82) is 0 Å². The van der Waals surface area contributed by atoms with Gasteiger partial charge in [0.25, 0.3) is 0 Å². The molecule has 0 spiro atoms. The number of hydrogen-bond donors (Lipinski definition) is 0. The van der Waals surface area contributed by atoms with Gasteiger partial charge >= 0.3 is 5.97 Å². The van der Waals surface area contributed by atoms with Crippen LogP contribution in [0.5, 0.6) is 0 Å². The minimum atomic E-state index is -0.476. The Kier molecular flexibility index (Phi) is 2.20. The van der Waals surface area contributed by atoms with Crippen molar-refractivity contribution in [3.05, 3.63) is 0 Å². The first-order chi connectivity index (χ1) is 6.31. The molecule has 13 heavy (non-hydrogen) atoms. The Hall–Kier alpha value is -1.06. The Morgan fingerprint density at radius 3 is 3.08 bits per heavy atom. The fraction of sp³-hybridized carbons (Fsp3) is 0.778. The predicted molar refractivity (Wildman–Crippen MR) is 46.3 cm³/mol. The van der Waals surface area contributed by atoms with Gasteiger partial charge < -0.3 is 9.57 Å². The van der Waals surface area contributed by atoms with Crippen LogP contribution in [0.2, 0.25) is 0 Å². The Labute approximate surface area is 76.9 Å². The van der Waals surface area contributed by atoms with E-state index < -0.39 is 6.10 Å². The minimum absolute atomic E-state index is 0.290. The predicted octanol–water partition coefficient (Wildman–Crippen LogP) is 1.10. The normalized spacial score (nSPS) is 26.5. The molecule has 4 heteroatoms. The van der Waals surface area contributed by atoms with Gasteiger partial charge in [-0.05, 0) is 19.8 Å². The fourth-order valence-corrected chi connectivity index (χ4v) is 1.42. The van der Waals surface area contributed by atoms with Crippen LogP contribution in [0.15, 0.2) is 5.16 Å². The summed E-state index contributed by atoms with van der Waals surface area (Å²) in [6, 6.07) is 0. The Balaban J connectivity index is 1.83. The topological polar surface area (TPSA) is 47.9 Å². The number of hydrogen-bond acceptors (Lipinski definition) is 4. The third-order valence-corrected chi connectivity index (χ3v) is 2.29. The molecule has 0 aromatic carbocycles. The van der Waals surface area contributed by atoms with E-state index in [2.05, 4.69) is 5.16 Å². The highest BCUT2D eigenvalue weighted by molar-refractivity contribution is 5.93. The van der Waals surface area contributed by atoms with E-state index in [9.17, 15) is 4.79 Å². The Morgan fingerprint density at radius 2 is 2.46 bits per heavy atom. The summed E-state index contributed by atoms with van der Waals surface area (Å²) >= 11 is 0. The Morgan fingerprint density at radius 1 is 1.69 bits per heavy atom. The molecule has 1 fully saturated rings. The summed E-state index contributed by atoms with van der Waals surface area (Å²) in [6.45, 7) is 2.19. The Bertz CT molecular complexity index is 245. The first-order valence-electron chi connectivity index (χ1n) is 4.70. The van der Waals surface area contributed by atoms with Gasteiger partial charge in [0.05, 0.1) is 12.3 Å². The van der Waals surface area contributed by atoms with Gasteiger partial charge in [-0.15, -0.1) is 0 Å². The molecule has 1 saturated carbocycles. The van der Waals surface area contributed by atoms with E-state index in [1.807, 2.05) is 0 Å². The van der Waals surface area contributed by atoms with Gasteiger partial charge in [0.2, 0.25) is 6.10 Å². The molecule has 1 unspecified atom stereocenters. The maximum absolute atomic E-state index is 11.2. The van der Waals surface area contributed by atoms with Crippen molar-refractivity contribution in [2.24, 2.45) is 11.1 Å². The second kappa shape index (κ2) is 3.36. The standard InChI is InChI=1S/C9H13NO3/c1-2-12-9(11)8-5-7(10-13-8)6-3-4-6/h6,8H,2-5H2,1H3. The molecule has 1 aliphatic heterocycles. The highest BCUT2D eigenvalue weighted by Crippen LogP contribution is 2.34. The molecule has 0 bridgehead atoms. The van der Waals surface area contributed by atoms with E-state index in [0.717, 1.165) is 5.71 Å². The molecule has 0 N–H and O–H groups in total. The van der Waals surface area contributed by atoms with Gasteiger partial charge in [-0.2, -0.15) is 0 Å². The second-order valence-electron chi connectivity index (χ2n) is 3.41. The number of esters is 1. The lowest BCUT2D eigenvalue weighted by Crippen LogP contribution is -2.23. The zero-order valence-electron chi connectivity index (χ0n) is 7.66. The third kappa shape index (κ3) is 1.82. The number of carbonyl (C=O) groups is 1. The van der Waals surface area contributed by atoms with Crippen LogP contribution >= 0.6 is 0 Å². The molecule has 1 atom stereocenters. The van der Waals surface area contributed by atoms with Crippen molar-refractivity contribution in [2.45, 2.75) is 32.3 Å². The summed E-state index contributed by atoms with van der Waals surface area (Å²) in [6.07, 6.45) is 2.54. The van der Waals surface area contributed by atoms with Crippen LogP contribution in [0.4, 0.5) is 0 Å². The third-order valence-electron chi connectivity index (χ3n) is 2.29. The fourth-order valence-electron chi connectivity index (χ4n) is 1.42. The first-order valence-corrected chi connectivity index (χ1v) is 4.70. The van der Waals surface area contributed by atoms with E-state index in [0.29, 0.717) is 18.9 Å². The quantitative estimate of drug-likeness (QED) is 0.616. The molecule has 0 aromatic rings. The zero-order chi connectivity index (χ0) is 9.26. The van der Waals surface area contributed by atoms with Crippen molar-refractivity contribution < 1.29 is 14.4 Å². The SMILES string of the molecule is CCOC(=O)C1CC(C2CC2)=NO1. The summed E-state index contributed by atoms with van der Waals surface area (Å²) in [5, 5.41) is 3.90. The molecule has 0 amide bonds. The van der Waals surface area contributed by atoms with E-state index in [4.69, 9.17) is 9.57 Å². The smallest absolute Gasteiger partial charge is 0.350 e. The molecular formula is C9H13NO3. The van der Waals surface area contributed by atoms with Crippen molar-refractivity contribution in [2.75, 3.05) is 6.61 Å². The molecule has 72 valence electrons. The van der Waals surface area contributed by atoms with Gasteiger partial charge in [-0.1, -0.05) is 5.16 Å². The summed E-state index contributed by atoms with van der Waals surface area (Å²) in [5.41, 5.74) is 1.04. The molecule has 2 rings (SSSR count). The van der Waals surface area contributed by atoms with Crippen molar-refractivity contribution in [3.8, 4) is 0 Å². The van der Waals surface area contributed by atoms with Crippen LogP contribution in [0.3, 0.4) is 0 Å². The van der Waals surface area contributed by atoms with Gasteiger partial charge in [-0.3, -0.25) is 0 Å². The largest absolute Gasteiger partial charge is 0.463 e. The molecule has 2 aliphatic rings. The maximum atomic E-state index is 11.2. The van der Waals surface area contributed by atoms with Gasteiger partial charge in [-0.25, -0.2) is 4.79 Å². The van der Waals surface area contributed by atoms with E-state index in [1.165, 1.54) is 12.8 Å². The lowest BCUT2D eigenvalue weighted by molar-refractivity contribution is -0.154. The highest BCUT2D eigenvalue weighted by Gasteiger charge is 2.37. The van der Waals surface area contributed by atoms with E-state index in [-0.39, 0.29) is 5.97 Å². The van der Waals surface area contributed by atoms with Crippen LogP contribution in [0.1, 0.15) is 26.2 Å². The second-order valence-corrected chi connectivity index (χ2v) is 3.41. The van der Waals surface area contributed by atoms with Crippen LogP contribution in [-0.2, 0) is 14.4 Å². The summed E-state index contributed by atoms with van der Waals surface area (Å²) in [5.74, 6) is 0.293. The number of ether oxygens (including phenoxy) is 1. The monoisotopic (exact) mass is 183 g/mol. The number of rotatable bonds is 3. The van der Waals surface area contributed by atoms with Gasteiger partial charge in [0.1, 0.15) is 0 Å². The van der Waals surface area contributed by atoms with Crippen molar-refractivity contribution in [1.82, 2.24) is 0 Å². The summed E-state index contributed by atoms with van der Waals surface area (Å²) < 4.78 is 4.84. The molecular weight excluding hydrogens is 170 g/mol. The van der Waals surface area contributed by atoms with Crippen molar-refractivity contribution >= 4 is 11.7 Å². The first kappa shape index (κ1) is 8.53. The number of nitrogens with zero attached hydrogens (tertiary/aromatic N) is 1. The van der Waals surface area contributed by atoms with Crippen LogP contribution in [-0.4, -0.2) is 24.4 Å². The minimum Gasteiger partial charge on any atom is -0.463 e. The maximum Gasteiger partial charge on any atom is 0.350 e. The number of oxime groups is 1. The van der Waals surface area contributed by atoms with Crippen LogP contribution in [0, 0.1) is 5.92 Å². The van der Waals surface area contributed by atoms with Crippen LogP contribution < -0.4 is 0 Å². The molecule has 1 heterocycles. The average Bonchev–Trinajstić information content (AvgIpc) is 2.84. The lowest BCUT2D eigenvalue weighted by atomic mass is 10.1. The molecule has 0 radical (unpaired) electrons. The van der Waals surface area contributed by atoms with Crippen LogP contribution in [0.25, 0.3) is 0 Å².